The fraction of sp³-hybridized carbons (Fsp3) is 0.800. The third-order valence-corrected chi connectivity index (χ3v) is 2.78. The summed E-state index contributed by atoms with van der Waals surface area (Å²) in [5, 5.41) is 12.2. The molecule has 1 saturated heterocycles. The standard InChI is InChI=1S/C10H12F2N4O8/c1-3(17)21-6-5(14-15-13)10(24-16(19)20)23-8(9(11)12)7(6)22-4(2)18/h5-10H,1-2H3/t5-,6-,7-,8+,10?/m1/s1. The molecule has 0 N–H and O–H groups in total. The Bertz CT molecular complexity index is 555. The summed E-state index contributed by atoms with van der Waals surface area (Å²) >= 11 is 0. The third kappa shape index (κ3) is 4.89. The van der Waals surface area contributed by atoms with Gasteiger partial charge in [-0.05, 0) is 5.53 Å². The predicted octanol–water partition coefficient (Wildman–Crippen LogP) is 0.727. The minimum absolute atomic E-state index is 0.898. The van der Waals surface area contributed by atoms with Crippen molar-refractivity contribution in [3.63, 3.8) is 0 Å². The van der Waals surface area contributed by atoms with Crippen molar-refractivity contribution in [3.05, 3.63) is 20.6 Å². The van der Waals surface area contributed by atoms with Gasteiger partial charge in [0.15, 0.2) is 18.3 Å². The van der Waals surface area contributed by atoms with Gasteiger partial charge in [-0.2, -0.15) is 0 Å². The first-order valence-electron chi connectivity index (χ1n) is 6.30. The molecule has 1 heterocycles. The van der Waals surface area contributed by atoms with Crippen LogP contribution in [0.25, 0.3) is 10.4 Å². The van der Waals surface area contributed by atoms with E-state index >= 15 is 0 Å². The summed E-state index contributed by atoms with van der Waals surface area (Å²) in [6.07, 6.45) is -11.2. The highest BCUT2D eigenvalue weighted by Gasteiger charge is 2.54. The molecule has 0 aliphatic carbocycles. The lowest BCUT2D eigenvalue weighted by molar-refractivity contribution is -0.783. The van der Waals surface area contributed by atoms with Crippen LogP contribution in [0, 0.1) is 10.1 Å². The minimum Gasteiger partial charge on any atom is -0.458 e. The van der Waals surface area contributed by atoms with Crippen molar-refractivity contribution in [2.75, 3.05) is 0 Å². The highest BCUT2D eigenvalue weighted by Crippen LogP contribution is 2.32. The lowest BCUT2D eigenvalue weighted by Crippen LogP contribution is -2.62. The quantitative estimate of drug-likeness (QED) is 0.168. The molecule has 1 unspecified atom stereocenters. The fourth-order valence-corrected chi connectivity index (χ4v) is 2.06. The molecule has 0 radical (unpaired) electrons. The normalized spacial score (nSPS) is 29.3. The van der Waals surface area contributed by atoms with Crippen molar-refractivity contribution in [2.45, 2.75) is 50.9 Å². The van der Waals surface area contributed by atoms with Crippen LogP contribution in [0.2, 0.25) is 0 Å². The Morgan fingerprint density at radius 3 is 2.25 bits per heavy atom. The van der Waals surface area contributed by atoms with Crippen LogP contribution >= 0.6 is 0 Å². The second-order valence-electron chi connectivity index (χ2n) is 4.48. The molecule has 0 bridgehead atoms. The molecule has 0 saturated carbocycles. The van der Waals surface area contributed by atoms with Crippen LogP contribution in [-0.4, -0.2) is 54.1 Å². The number of halogens is 2. The van der Waals surface area contributed by atoms with Crippen molar-refractivity contribution in [1.29, 1.82) is 0 Å². The van der Waals surface area contributed by atoms with Gasteiger partial charge in [0.05, 0.1) is 0 Å². The molecular formula is C10H12F2N4O8. The van der Waals surface area contributed by atoms with E-state index < -0.39 is 54.1 Å². The Labute approximate surface area is 132 Å². The van der Waals surface area contributed by atoms with Crippen LogP contribution in [0.15, 0.2) is 5.11 Å². The van der Waals surface area contributed by atoms with Crippen molar-refractivity contribution in [2.24, 2.45) is 5.11 Å². The molecule has 24 heavy (non-hydrogen) atoms. The summed E-state index contributed by atoms with van der Waals surface area (Å²) in [4.78, 5) is 39.3. The zero-order valence-electron chi connectivity index (χ0n) is 12.3. The lowest BCUT2D eigenvalue weighted by Gasteiger charge is -2.42. The summed E-state index contributed by atoms with van der Waals surface area (Å²) in [5.74, 6) is -2.01. The zero-order valence-corrected chi connectivity index (χ0v) is 12.3. The van der Waals surface area contributed by atoms with Crippen LogP contribution in [0.1, 0.15) is 13.8 Å². The molecule has 0 spiro atoms. The fourth-order valence-electron chi connectivity index (χ4n) is 2.06. The molecule has 0 aromatic heterocycles. The van der Waals surface area contributed by atoms with E-state index in [2.05, 4.69) is 19.6 Å². The smallest absolute Gasteiger partial charge is 0.303 e. The lowest BCUT2D eigenvalue weighted by atomic mass is 9.96. The average Bonchev–Trinajstić information content (AvgIpc) is 2.43. The number of nitrogens with zero attached hydrogens (tertiary/aromatic N) is 4. The number of carbonyl (C=O) groups excluding carboxylic acids is 2. The molecule has 0 aromatic rings. The van der Waals surface area contributed by atoms with E-state index in [0.717, 1.165) is 13.8 Å². The summed E-state index contributed by atoms with van der Waals surface area (Å²) in [6, 6.07) is -1.75. The highest BCUT2D eigenvalue weighted by atomic mass is 19.3. The first-order chi connectivity index (χ1) is 11.2. The maximum absolute atomic E-state index is 13.2. The largest absolute Gasteiger partial charge is 0.458 e. The van der Waals surface area contributed by atoms with E-state index in [0.29, 0.717) is 0 Å². The number of esters is 2. The molecule has 1 aliphatic rings. The van der Waals surface area contributed by atoms with Crippen molar-refractivity contribution in [1.82, 2.24) is 0 Å². The number of hydrogen-bond donors (Lipinski definition) is 0. The second kappa shape index (κ2) is 8.21. The maximum atomic E-state index is 13.2. The van der Waals surface area contributed by atoms with Crippen LogP contribution in [0.4, 0.5) is 8.78 Å². The van der Waals surface area contributed by atoms with Gasteiger partial charge in [0.2, 0.25) is 6.29 Å². The van der Waals surface area contributed by atoms with Gasteiger partial charge in [0, 0.05) is 18.8 Å². The first-order valence-corrected chi connectivity index (χ1v) is 6.30. The molecule has 0 aromatic carbocycles. The third-order valence-electron chi connectivity index (χ3n) is 2.78. The van der Waals surface area contributed by atoms with Gasteiger partial charge >= 0.3 is 11.9 Å². The van der Waals surface area contributed by atoms with Gasteiger partial charge in [-0.15, -0.1) is 10.1 Å². The van der Waals surface area contributed by atoms with E-state index in [1.54, 1.807) is 0 Å². The number of rotatable bonds is 6. The molecule has 5 atom stereocenters. The van der Waals surface area contributed by atoms with Gasteiger partial charge in [-0.25, -0.2) is 8.78 Å². The van der Waals surface area contributed by atoms with E-state index in [1.165, 1.54) is 0 Å². The summed E-state index contributed by atoms with van der Waals surface area (Å²) in [5.41, 5.74) is 8.55. The van der Waals surface area contributed by atoms with Gasteiger partial charge in [-0.3, -0.25) is 14.4 Å². The number of hydrogen-bond acceptors (Lipinski definition) is 9. The monoisotopic (exact) mass is 354 g/mol. The number of ether oxygens (including phenoxy) is 3. The predicted molar refractivity (Wildman–Crippen MR) is 66.8 cm³/mol. The van der Waals surface area contributed by atoms with E-state index in [1.807, 2.05) is 0 Å². The van der Waals surface area contributed by atoms with Crippen LogP contribution < -0.4 is 0 Å². The Kier molecular flexibility index (Phi) is 6.61. The highest BCUT2D eigenvalue weighted by molar-refractivity contribution is 5.67. The van der Waals surface area contributed by atoms with Gasteiger partial charge in [0.25, 0.3) is 11.5 Å². The van der Waals surface area contributed by atoms with Gasteiger partial charge in [0.1, 0.15) is 6.04 Å². The number of carbonyl (C=O) groups is 2. The van der Waals surface area contributed by atoms with Gasteiger partial charge < -0.3 is 14.2 Å². The number of azide groups is 1. The molecule has 1 aliphatic heterocycles. The summed E-state index contributed by atoms with van der Waals surface area (Å²) in [6.45, 7) is 1.81. The molecular weight excluding hydrogens is 342 g/mol. The van der Waals surface area contributed by atoms with Crippen molar-refractivity contribution < 1.29 is 42.5 Å². The van der Waals surface area contributed by atoms with E-state index in [4.69, 9.17) is 15.0 Å². The zero-order chi connectivity index (χ0) is 18.4. The van der Waals surface area contributed by atoms with E-state index in [9.17, 15) is 28.5 Å². The Hall–Kier alpha value is -2.73. The molecule has 12 nitrogen and oxygen atoms in total. The summed E-state index contributed by atoms with van der Waals surface area (Å²) < 4.78 is 40.5. The Morgan fingerprint density at radius 2 is 1.83 bits per heavy atom. The summed E-state index contributed by atoms with van der Waals surface area (Å²) in [7, 11) is 0. The Balaban J connectivity index is 3.31. The average molecular weight is 354 g/mol. The first kappa shape index (κ1) is 19.3. The maximum Gasteiger partial charge on any atom is 0.303 e. The minimum atomic E-state index is -3.28. The molecule has 14 heteroatoms. The molecule has 1 fully saturated rings. The van der Waals surface area contributed by atoms with Crippen LogP contribution in [0.3, 0.4) is 0 Å². The van der Waals surface area contributed by atoms with Crippen molar-refractivity contribution in [3.8, 4) is 0 Å². The Morgan fingerprint density at radius 1 is 1.29 bits per heavy atom. The molecule has 134 valence electrons. The number of alkyl halides is 2. The second-order valence-corrected chi connectivity index (χ2v) is 4.48. The van der Waals surface area contributed by atoms with Crippen molar-refractivity contribution >= 4 is 11.9 Å². The topological polar surface area (TPSA) is 163 Å². The van der Waals surface area contributed by atoms with Crippen LogP contribution in [0.5, 0.6) is 0 Å². The molecule has 1 rings (SSSR count). The van der Waals surface area contributed by atoms with Gasteiger partial charge in [-0.1, -0.05) is 5.11 Å². The van der Waals surface area contributed by atoms with E-state index in [-0.39, 0.29) is 0 Å². The molecule has 0 amide bonds. The SMILES string of the molecule is CC(=O)O[C@@H]1[C@H](OC(C)=O)[C@@H](N=[N+]=[N-])C(O[N+](=O)[O-])O[C@@H]1C(F)F. The van der Waals surface area contributed by atoms with Crippen LogP contribution in [-0.2, 0) is 28.6 Å².